The Morgan fingerprint density at radius 3 is 2.23 bits per heavy atom. The number of nitrogens with zero attached hydrogens (tertiary/aromatic N) is 2. The van der Waals surface area contributed by atoms with Gasteiger partial charge in [0.05, 0.1) is 12.8 Å². The molecule has 0 aliphatic heterocycles. The SMILES string of the molecule is COc1ccc(Sc2cc(CSc3ccc(Cl)cc3)nc(-c3ccccc3)n2)cc1. The van der Waals surface area contributed by atoms with Crippen LogP contribution in [0.5, 0.6) is 5.75 Å². The first-order valence-corrected chi connectivity index (χ1v) is 11.5. The van der Waals surface area contributed by atoms with E-state index < -0.39 is 0 Å². The molecule has 3 aromatic carbocycles. The molecule has 1 heterocycles. The highest BCUT2D eigenvalue weighted by molar-refractivity contribution is 7.99. The highest BCUT2D eigenvalue weighted by atomic mass is 35.5. The monoisotopic (exact) mass is 450 g/mol. The molecule has 3 nitrogen and oxygen atoms in total. The van der Waals surface area contributed by atoms with E-state index in [2.05, 4.69) is 6.07 Å². The zero-order valence-corrected chi connectivity index (χ0v) is 18.7. The van der Waals surface area contributed by atoms with Gasteiger partial charge in [0.1, 0.15) is 10.8 Å². The third kappa shape index (κ3) is 5.57. The number of ether oxygens (including phenoxy) is 1. The first-order chi connectivity index (χ1) is 14.7. The summed E-state index contributed by atoms with van der Waals surface area (Å²) in [7, 11) is 1.67. The molecule has 0 radical (unpaired) electrons. The van der Waals surface area contributed by atoms with Crippen LogP contribution in [0.15, 0.2) is 99.7 Å². The summed E-state index contributed by atoms with van der Waals surface area (Å²) in [5.41, 5.74) is 1.99. The van der Waals surface area contributed by atoms with E-state index in [1.165, 1.54) is 0 Å². The van der Waals surface area contributed by atoms with Crippen LogP contribution in [0, 0.1) is 0 Å². The van der Waals surface area contributed by atoms with Crippen molar-refractivity contribution >= 4 is 35.1 Å². The van der Waals surface area contributed by atoms with E-state index in [1.54, 1.807) is 30.6 Å². The third-order valence-corrected chi connectivity index (χ3v) is 6.49. The lowest BCUT2D eigenvalue weighted by atomic mass is 10.2. The van der Waals surface area contributed by atoms with Crippen LogP contribution >= 0.6 is 35.1 Å². The van der Waals surface area contributed by atoms with Crippen LogP contribution < -0.4 is 4.74 Å². The molecule has 0 spiro atoms. The van der Waals surface area contributed by atoms with Gasteiger partial charge in [0.2, 0.25) is 0 Å². The molecule has 0 aliphatic carbocycles. The number of methoxy groups -OCH3 is 1. The summed E-state index contributed by atoms with van der Waals surface area (Å²) in [4.78, 5) is 11.9. The number of hydrogen-bond donors (Lipinski definition) is 0. The van der Waals surface area contributed by atoms with Crippen molar-refractivity contribution in [1.82, 2.24) is 9.97 Å². The molecule has 4 aromatic rings. The van der Waals surface area contributed by atoms with E-state index in [-0.39, 0.29) is 0 Å². The van der Waals surface area contributed by atoms with Gasteiger partial charge < -0.3 is 4.74 Å². The maximum Gasteiger partial charge on any atom is 0.160 e. The van der Waals surface area contributed by atoms with Gasteiger partial charge in [0, 0.05) is 26.1 Å². The predicted molar refractivity (Wildman–Crippen MR) is 126 cm³/mol. The zero-order valence-electron chi connectivity index (χ0n) is 16.3. The number of aromatic nitrogens is 2. The largest absolute Gasteiger partial charge is 0.497 e. The average Bonchev–Trinajstić information content (AvgIpc) is 2.80. The maximum absolute atomic E-state index is 5.99. The Hall–Kier alpha value is -2.47. The molecule has 0 bridgehead atoms. The Morgan fingerprint density at radius 2 is 1.53 bits per heavy atom. The maximum atomic E-state index is 5.99. The third-order valence-electron chi connectivity index (χ3n) is 4.27. The van der Waals surface area contributed by atoms with Crippen molar-refractivity contribution in [3.05, 3.63) is 95.6 Å². The number of benzene rings is 3. The van der Waals surface area contributed by atoms with E-state index in [9.17, 15) is 0 Å². The minimum atomic E-state index is 0.737. The normalized spacial score (nSPS) is 10.7. The summed E-state index contributed by atoms with van der Waals surface area (Å²) in [6.45, 7) is 0. The number of thioether (sulfide) groups is 1. The van der Waals surface area contributed by atoms with Gasteiger partial charge in [-0.05, 0) is 54.6 Å². The number of rotatable bonds is 7. The molecule has 1 aromatic heterocycles. The van der Waals surface area contributed by atoms with Crippen molar-refractivity contribution < 1.29 is 4.74 Å². The summed E-state index contributed by atoms with van der Waals surface area (Å²) >= 11 is 9.35. The van der Waals surface area contributed by atoms with Crippen LogP contribution in [0.4, 0.5) is 0 Å². The van der Waals surface area contributed by atoms with E-state index in [4.69, 9.17) is 26.3 Å². The number of halogens is 1. The van der Waals surface area contributed by atoms with Crippen LogP contribution in [-0.2, 0) is 5.75 Å². The highest BCUT2D eigenvalue weighted by Gasteiger charge is 2.09. The summed E-state index contributed by atoms with van der Waals surface area (Å²) in [6.07, 6.45) is 0. The van der Waals surface area contributed by atoms with Crippen LogP contribution in [0.3, 0.4) is 0 Å². The first kappa shape index (κ1) is 20.8. The molecule has 4 rings (SSSR count). The molecular weight excluding hydrogens is 432 g/mol. The summed E-state index contributed by atoms with van der Waals surface area (Å²) in [6, 6.07) is 28.0. The molecule has 0 saturated carbocycles. The molecule has 0 aliphatic rings. The molecule has 0 N–H and O–H groups in total. The van der Waals surface area contributed by atoms with Gasteiger partial charge in [-0.25, -0.2) is 9.97 Å². The fourth-order valence-corrected chi connectivity index (χ4v) is 4.53. The van der Waals surface area contributed by atoms with Crippen molar-refractivity contribution in [3.63, 3.8) is 0 Å². The van der Waals surface area contributed by atoms with Crippen molar-refractivity contribution in [1.29, 1.82) is 0 Å². The molecule has 30 heavy (non-hydrogen) atoms. The Kier molecular flexibility index (Phi) is 6.95. The Morgan fingerprint density at radius 1 is 0.833 bits per heavy atom. The van der Waals surface area contributed by atoms with Gasteiger partial charge in [-0.2, -0.15) is 0 Å². The van der Waals surface area contributed by atoms with E-state index in [0.29, 0.717) is 0 Å². The summed E-state index contributed by atoms with van der Waals surface area (Å²) in [5, 5.41) is 1.66. The van der Waals surface area contributed by atoms with Gasteiger partial charge in [-0.15, -0.1) is 11.8 Å². The van der Waals surface area contributed by atoms with Gasteiger partial charge in [0.25, 0.3) is 0 Å². The van der Waals surface area contributed by atoms with Crippen LogP contribution in [-0.4, -0.2) is 17.1 Å². The standard InChI is InChI=1S/C24H19ClN2OS2/c1-28-20-9-13-22(14-10-20)30-23-15-19(16-29-21-11-7-18(25)8-12-21)26-24(27-23)17-5-3-2-4-6-17/h2-15H,16H2,1H3. The quantitative estimate of drug-likeness (QED) is 0.219. The van der Waals surface area contributed by atoms with E-state index in [1.807, 2.05) is 78.9 Å². The fourth-order valence-electron chi connectivity index (χ4n) is 2.77. The van der Waals surface area contributed by atoms with Crippen LogP contribution in [0.1, 0.15) is 5.69 Å². The van der Waals surface area contributed by atoms with Gasteiger partial charge >= 0.3 is 0 Å². The van der Waals surface area contributed by atoms with Crippen molar-refractivity contribution in [2.24, 2.45) is 0 Å². The number of hydrogen-bond acceptors (Lipinski definition) is 5. The van der Waals surface area contributed by atoms with Gasteiger partial charge in [-0.1, -0.05) is 53.7 Å². The zero-order chi connectivity index (χ0) is 20.8. The van der Waals surface area contributed by atoms with Gasteiger partial charge in [-0.3, -0.25) is 0 Å². The Labute approximate surface area is 189 Å². The first-order valence-electron chi connectivity index (χ1n) is 9.33. The van der Waals surface area contributed by atoms with Crippen molar-refractivity contribution in [2.75, 3.05) is 7.11 Å². The second-order valence-electron chi connectivity index (χ2n) is 6.41. The smallest absolute Gasteiger partial charge is 0.160 e. The molecule has 0 amide bonds. The van der Waals surface area contributed by atoms with Gasteiger partial charge in [0.15, 0.2) is 5.82 Å². The van der Waals surface area contributed by atoms with E-state index >= 15 is 0 Å². The second kappa shape index (κ2) is 10.0. The molecule has 6 heteroatoms. The fraction of sp³-hybridized carbons (Fsp3) is 0.0833. The van der Waals surface area contributed by atoms with Crippen molar-refractivity contribution in [3.8, 4) is 17.1 Å². The summed E-state index contributed by atoms with van der Waals surface area (Å²) in [5.74, 6) is 2.33. The predicted octanol–water partition coefficient (Wildman–Crippen LogP) is 7.25. The van der Waals surface area contributed by atoms with Crippen LogP contribution in [0.25, 0.3) is 11.4 Å². The average molecular weight is 451 g/mol. The van der Waals surface area contributed by atoms with Crippen LogP contribution in [0.2, 0.25) is 5.02 Å². The highest BCUT2D eigenvalue weighted by Crippen LogP contribution is 2.31. The van der Waals surface area contributed by atoms with E-state index in [0.717, 1.165) is 48.4 Å². The minimum absolute atomic E-state index is 0.737. The Balaban J connectivity index is 1.60. The molecule has 0 fully saturated rings. The molecule has 0 atom stereocenters. The molecule has 150 valence electrons. The minimum Gasteiger partial charge on any atom is -0.497 e. The topological polar surface area (TPSA) is 35.0 Å². The molecule has 0 saturated heterocycles. The molecular formula is C24H19ClN2OS2. The lowest BCUT2D eigenvalue weighted by Gasteiger charge is -2.09. The van der Waals surface area contributed by atoms with Crippen molar-refractivity contribution in [2.45, 2.75) is 20.6 Å². The Bertz CT molecular complexity index is 1100. The lowest BCUT2D eigenvalue weighted by molar-refractivity contribution is 0.414. The lowest BCUT2D eigenvalue weighted by Crippen LogP contribution is -1.96. The molecule has 0 unspecified atom stereocenters. The summed E-state index contributed by atoms with van der Waals surface area (Å²) < 4.78 is 5.25. The second-order valence-corrected chi connectivity index (χ2v) is 8.99.